The molecule has 8 nitrogen and oxygen atoms in total. The van der Waals surface area contributed by atoms with Crippen molar-refractivity contribution in [1.29, 1.82) is 0 Å². The predicted octanol–water partition coefficient (Wildman–Crippen LogP) is 3.88. The Morgan fingerprint density at radius 3 is 1.27 bits per heavy atom. The number of hydrogen-bond acceptors (Lipinski definition) is 7. The molecule has 37 heavy (non-hydrogen) atoms. The highest BCUT2D eigenvalue weighted by atomic mass is 16.6. The van der Waals surface area contributed by atoms with Crippen molar-refractivity contribution < 1.29 is 33.3 Å². The quantitative estimate of drug-likeness (QED) is 0.229. The maximum atomic E-state index is 13.0. The van der Waals surface area contributed by atoms with Gasteiger partial charge < -0.3 is 23.8 Å². The number of carbonyl (C=O) groups is 3. The Kier molecular flexibility index (Phi) is 11.8. The van der Waals surface area contributed by atoms with Crippen LogP contribution in [0.3, 0.4) is 0 Å². The molecule has 3 rings (SSSR count). The van der Waals surface area contributed by atoms with Crippen LogP contribution >= 0.6 is 0 Å². The highest BCUT2D eigenvalue weighted by Crippen LogP contribution is 2.06. The number of benzene rings is 3. The molecule has 0 saturated carbocycles. The monoisotopic (exact) mass is 505 g/mol. The van der Waals surface area contributed by atoms with Crippen LogP contribution in [0.4, 0.5) is 0 Å². The molecule has 3 aromatic carbocycles. The van der Waals surface area contributed by atoms with Crippen molar-refractivity contribution in [3.05, 3.63) is 108 Å². The zero-order valence-corrected chi connectivity index (χ0v) is 20.6. The van der Waals surface area contributed by atoms with Crippen LogP contribution in [-0.4, -0.2) is 75.5 Å². The Morgan fingerprint density at radius 2 is 0.865 bits per heavy atom. The first-order chi connectivity index (χ1) is 18.1. The molecule has 0 N–H and O–H groups in total. The Hall–Kier alpha value is -4.01. The normalized spacial score (nSPS) is 10.5. The molecule has 0 aromatic heterocycles. The van der Waals surface area contributed by atoms with Crippen molar-refractivity contribution in [3.63, 3.8) is 0 Å². The van der Waals surface area contributed by atoms with E-state index >= 15 is 0 Å². The summed E-state index contributed by atoms with van der Waals surface area (Å²) in [6, 6.07) is 26.4. The Labute approximate surface area is 216 Å². The topological polar surface area (TPSA) is 91.4 Å². The molecule has 0 atom stereocenters. The zero-order chi connectivity index (χ0) is 26.1. The van der Waals surface area contributed by atoms with Crippen molar-refractivity contribution in [2.45, 2.75) is 0 Å². The number of hydrogen-bond donors (Lipinski definition) is 0. The van der Waals surface area contributed by atoms with E-state index in [1.165, 1.54) is 0 Å². The Balaban J connectivity index is 1.36. The predicted molar refractivity (Wildman–Crippen MR) is 137 cm³/mol. The Morgan fingerprint density at radius 1 is 0.486 bits per heavy atom. The molecule has 0 bridgehead atoms. The van der Waals surface area contributed by atoms with Gasteiger partial charge in [0.25, 0.3) is 5.91 Å². The van der Waals surface area contributed by atoms with E-state index in [0.29, 0.717) is 29.8 Å². The summed E-state index contributed by atoms with van der Waals surface area (Å²) in [5.74, 6) is -0.952. The Bertz CT molecular complexity index is 1030. The van der Waals surface area contributed by atoms with Gasteiger partial charge in [-0.05, 0) is 36.4 Å². The van der Waals surface area contributed by atoms with Gasteiger partial charge in [0.2, 0.25) is 0 Å². The van der Waals surface area contributed by atoms with Crippen LogP contribution in [0.2, 0.25) is 0 Å². The van der Waals surface area contributed by atoms with Gasteiger partial charge in [-0.1, -0.05) is 54.6 Å². The first kappa shape index (κ1) is 27.6. The smallest absolute Gasteiger partial charge is 0.338 e. The summed E-state index contributed by atoms with van der Waals surface area (Å²) < 4.78 is 21.6. The van der Waals surface area contributed by atoms with E-state index in [-0.39, 0.29) is 45.5 Å². The molecule has 0 saturated heterocycles. The van der Waals surface area contributed by atoms with Crippen molar-refractivity contribution >= 4 is 17.8 Å². The average molecular weight is 506 g/mol. The molecule has 0 aliphatic heterocycles. The molecule has 0 aliphatic carbocycles. The van der Waals surface area contributed by atoms with Crippen molar-refractivity contribution in [3.8, 4) is 0 Å². The second kappa shape index (κ2) is 15.9. The SMILES string of the molecule is O=C(OCCOCCN(CCOCCOC(=O)c1ccccc1)C(=O)c1ccccc1)c1ccccc1. The molecule has 0 fully saturated rings. The maximum Gasteiger partial charge on any atom is 0.338 e. The highest BCUT2D eigenvalue weighted by Gasteiger charge is 2.15. The number of esters is 2. The fourth-order valence-corrected chi connectivity index (χ4v) is 3.33. The zero-order valence-electron chi connectivity index (χ0n) is 20.6. The average Bonchev–Trinajstić information content (AvgIpc) is 2.96. The third kappa shape index (κ3) is 9.87. The third-order valence-electron chi connectivity index (χ3n) is 5.26. The standard InChI is InChI=1S/C29H31NO7/c31-27(24-10-4-1-5-11-24)30(16-18-34-20-22-36-28(32)25-12-6-2-7-13-25)17-19-35-21-23-37-29(33)26-14-8-3-9-15-26/h1-15H,16-23H2. The van der Waals surface area contributed by atoms with E-state index in [9.17, 15) is 14.4 Å². The van der Waals surface area contributed by atoms with Gasteiger partial charge in [0, 0.05) is 18.7 Å². The summed E-state index contributed by atoms with van der Waals surface area (Å²) in [6.07, 6.45) is 0. The van der Waals surface area contributed by atoms with Gasteiger partial charge >= 0.3 is 11.9 Å². The summed E-state index contributed by atoms with van der Waals surface area (Å²) in [7, 11) is 0. The van der Waals surface area contributed by atoms with E-state index < -0.39 is 11.9 Å². The molecule has 0 radical (unpaired) electrons. The molecule has 1 amide bonds. The summed E-state index contributed by atoms with van der Waals surface area (Å²) in [5, 5.41) is 0. The third-order valence-corrected chi connectivity index (χ3v) is 5.26. The minimum absolute atomic E-state index is 0.116. The molecular weight excluding hydrogens is 474 g/mol. The summed E-state index contributed by atoms with van der Waals surface area (Å²) in [4.78, 5) is 38.5. The van der Waals surface area contributed by atoms with Crippen LogP contribution < -0.4 is 0 Å². The lowest BCUT2D eigenvalue weighted by molar-refractivity contribution is 0.0208. The second-order valence-electron chi connectivity index (χ2n) is 7.89. The van der Waals surface area contributed by atoms with Gasteiger partial charge in [-0.2, -0.15) is 0 Å². The van der Waals surface area contributed by atoms with Crippen molar-refractivity contribution in [1.82, 2.24) is 4.90 Å². The van der Waals surface area contributed by atoms with E-state index in [4.69, 9.17) is 18.9 Å². The molecule has 0 spiro atoms. The lowest BCUT2D eigenvalue weighted by atomic mass is 10.2. The molecule has 3 aromatic rings. The van der Waals surface area contributed by atoms with Crippen LogP contribution in [0.5, 0.6) is 0 Å². The van der Waals surface area contributed by atoms with Gasteiger partial charge in [0.1, 0.15) is 13.2 Å². The van der Waals surface area contributed by atoms with Gasteiger partial charge in [-0.25, -0.2) is 9.59 Å². The van der Waals surface area contributed by atoms with E-state index in [2.05, 4.69) is 0 Å². The molecular formula is C29H31NO7. The largest absolute Gasteiger partial charge is 0.460 e. The van der Waals surface area contributed by atoms with Gasteiger partial charge in [0.15, 0.2) is 0 Å². The first-order valence-electron chi connectivity index (χ1n) is 12.1. The van der Waals surface area contributed by atoms with E-state index in [1.54, 1.807) is 77.7 Å². The number of nitrogens with zero attached hydrogens (tertiary/aromatic N) is 1. The minimum Gasteiger partial charge on any atom is -0.460 e. The lowest BCUT2D eigenvalue weighted by Crippen LogP contribution is -2.37. The van der Waals surface area contributed by atoms with Crippen LogP contribution in [0.15, 0.2) is 91.0 Å². The summed E-state index contributed by atoms with van der Waals surface area (Å²) in [5.41, 5.74) is 1.53. The number of rotatable bonds is 15. The fraction of sp³-hybridized carbons (Fsp3) is 0.276. The van der Waals surface area contributed by atoms with Crippen LogP contribution in [0.25, 0.3) is 0 Å². The lowest BCUT2D eigenvalue weighted by Gasteiger charge is -2.23. The molecule has 0 heterocycles. The van der Waals surface area contributed by atoms with Crippen LogP contribution in [-0.2, 0) is 18.9 Å². The van der Waals surface area contributed by atoms with E-state index in [1.807, 2.05) is 18.2 Å². The summed E-state index contributed by atoms with van der Waals surface area (Å²) in [6.45, 7) is 1.90. The number of ether oxygens (including phenoxy) is 4. The van der Waals surface area contributed by atoms with E-state index in [0.717, 1.165) is 0 Å². The van der Waals surface area contributed by atoms with Gasteiger partial charge in [-0.15, -0.1) is 0 Å². The fourth-order valence-electron chi connectivity index (χ4n) is 3.33. The molecule has 0 aliphatic rings. The highest BCUT2D eigenvalue weighted by molar-refractivity contribution is 5.94. The summed E-state index contributed by atoms with van der Waals surface area (Å²) >= 11 is 0. The van der Waals surface area contributed by atoms with Crippen LogP contribution in [0, 0.1) is 0 Å². The molecule has 0 unspecified atom stereocenters. The minimum atomic E-state index is -0.406. The van der Waals surface area contributed by atoms with Gasteiger partial charge in [-0.3, -0.25) is 4.79 Å². The van der Waals surface area contributed by atoms with Gasteiger partial charge in [0.05, 0.1) is 37.6 Å². The number of amides is 1. The van der Waals surface area contributed by atoms with Crippen LogP contribution in [0.1, 0.15) is 31.1 Å². The first-order valence-corrected chi connectivity index (χ1v) is 12.1. The molecule has 8 heteroatoms. The maximum absolute atomic E-state index is 13.0. The van der Waals surface area contributed by atoms with Crippen molar-refractivity contribution in [2.24, 2.45) is 0 Å². The second-order valence-corrected chi connectivity index (χ2v) is 7.89. The van der Waals surface area contributed by atoms with Crippen molar-refractivity contribution in [2.75, 3.05) is 52.7 Å². The molecule has 194 valence electrons. The number of carbonyl (C=O) groups excluding carboxylic acids is 3.